The van der Waals surface area contributed by atoms with Gasteiger partial charge in [0.25, 0.3) is 5.91 Å². The highest BCUT2D eigenvalue weighted by molar-refractivity contribution is 5.86. The summed E-state index contributed by atoms with van der Waals surface area (Å²) in [5, 5.41) is 20.2. The molecule has 1 aliphatic rings. The van der Waals surface area contributed by atoms with Gasteiger partial charge in [-0.3, -0.25) is 14.5 Å². The SMILES string of the molecule is NCc1ccc(CN2CCN(C(=O)CNC(=O)C(O)CO)CC2)cc1. The second-order valence-corrected chi connectivity index (χ2v) is 6.09. The van der Waals surface area contributed by atoms with Crippen molar-refractivity contribution in [2.75, 3.05) is 39.3 Å². The zero-order valence-electron chi connectivity index (χ0n) is 14.2. The Kier molecular flexibility index (Phi) is 7.32. The topological polar surface area (TPSA) is 119 Å². The summed E-state index contributed by atoms with van der Waals surface area (Å²) in [4.78, 5) is 27.4. The highest BCUT2D eigenvalue weighted by atomic mass is 16.3. The van der Waals surface area contributed by atoms with E-state index in [1.54, 1.807) is 4.90 Å². The molecule has 138 valence electrons. The molecule has 1 aromatic rings. The lowest BCUT2D eigenvalue weighted by molar-refractivity contribution is -0.137. The van der Waals surface area contributed by atoms with Crippen molar-refractivity contribution in [3.63, 3.8) is 0 Å². The standard InChI is InChI=1S/C17H26N4O4/c18-9-13-1-3-14(4-2-13)11-20-5-7-21(8-6-20)16(24)10-19-17(25)15(23)12-22/h1-4,15,22-23H,5-12,18H2,(H,19,25). The fourth-order valence-corrected chi connectivity index (χ4v) is 2.67. The molecule has 0 spiro atoms. The summed E-state index contributed by atoms with van der Waals surface area (Å²) in [6, 6.07) is 8.20. The van der Waals surface area contributed by atoms with Crippen LogP contribution in [0.4, 0.5) is 0 Å². The van der Waals surface area contributed by atoms with Crippen molar-refractivity contribution in [2.45, 2.75) is 19.2 Å². The van der Waals surface area contributed by atoms with Gasteiger partial charge in [0.1, 0.15) is 0 Å². The molecule has 1 aliphatic heterocycles. The van der Waals surface area contributed by atoms with E-state index in [1.807, 2.05) is 12.1 Å². The number of aliphatic hydroxyl groups is 2. The van der Waals surface area contributed by atoms with Crippen molar-refractivity contribution in [3.8, 4) is 0 Å². The fourth-order valence-electron chi connectivity index (χ4n) is 2.67. The Balaban J connectivity index is 1.73. The second-order valence-electron chi connectivity index (χ2n) is 6.09. The summed E-state index contributed by atoms with van der Waals surface area (Å²) in [6.45, 7) is 3.24. The van der Waals surface area contributed by atoms with Gasteiger partial charge in [0.15, 0.2) is 6.10 Å². The highest BCUT2D eigenvalue weighted by Crippen LogP contribution is 2.10. The van der Waals surface area contributed by atoms with Gasteiger partial charge in [0.2, 0.25) is 5.91 Å². The van der Waals surface area contributed by atoms with Crippen LogP contribution in [-0.2, 0) is 22.7 Å². The van der Waals surface area contributed by atoms with Gasteiger partial charge in [-0.1, -0.05) is 24.3 Å². The van der Waals surface area contributed by atoms with Crippen molar-refractivity contribution in [1.82, 2.24) is 15.1 Å². The molecule has 1 unspecified atom stereocenters. The number of aliphatic hydroxyl groups excluding tert-OH is 2. The third-order valence-corrected chi connectivity index (χ3v) is 4.28. The molecule has 5 N–H and O–H groups in total. The molecule has 0 bridgehead atoms. The monoisotopic (exact) mass is 350 g/mol. The molecule has 25 heavy (non-hydrogen) atoms. The predicted octanol–water partition coefficient (Wildman–Crippen LogP) is -1.74. The van der Waals surface area contributed by atoms with Crippen LogP contribution in [0.15, 0.2) is 24.3 Å². The first-order valence-corrected chi connectivity index (χ1v) is 8.38. The number of rotatable bonds is 7. The number of nitrogens with zero attached hydrogens (tertiary/aromatic N) is 2. The van der Waals surface area contributed by atoms with Crippen LogP contribution in [-0.4, -0.2) is 77.3 Å². The minimum Gasteiger partial charge on any atom is -0.393 e. The molecule has 0 radical (unpaired) electrons. The van der Waals surface area contributed by atoms with E-state index in [1.165, 1.54) is 5.56 Å². The van der Waals surface area contributed by atoms with E-state index >= 15 is 0 Å². The van der Waals surface area contributed by atoms with Gasteiger partial charge in [-0.15, -0.1) is 0 Å². The lowest BCUT2D eigenvalue weighted by atomic mass is 10.1. The number of hydrogen-bond donors (Lipinski definition) is 4. The number of carbonyl (C=O) groups excluding carboxylic acids is 2. The molecular weight excluding hydrogens is 324 g/mol. The molecule has 2 amide bonds. The van der Waals surface area contributed by atoms with Crippen molar-refractivity contribution < 1.29 is 19.8 Å². The van der Waals surface area contributed by atoms with Crippen LogP contribution in [0.25, 0.3) is 0 Å². The van der Waals surface area contributed by atoms with Crippen LogP contribution < -0.4 is 11.1 Å². The van der Waals surface area contributed by atoms with E-state index in [4.69, 9.17) is 15.9 Å². The number of benzene rings is 1. The van der Waals surface area contributed by atoms with Gasteiger partial charge in [0.05, 0.1) is 13.2 Å². The Morgan fingerprint density at radius 1 is 1.12 bits per heavy atom. The van der Waals surface area contributed by atoms with Crippen molar-refractivity contribution in [1.29, 1.82) is 0 Å². The first-order valence-electron chi connectivity index (χ1n) is 8.38. The lowest BCUT2D eigenvalue weighted by Crippen LogP contribution is -2.51. The third kappa shape index (κ3) is 5.79. The first kappa shape index (κ1) is 19.3. The Morgan fingerprint density at radius 2 is 1.72 bits per heavy atom. The molecule has 1 aromatic carbocycles. The highest BCUT2D eigenvalue weighted by Gasteiger charge is 2.22. The summed E-state index contributed by atoms with van der Waals surface area (Å²) in [6.07, 6.45) is -1.49. The van der Waals surface area contributed by atoms with Gasteiger partial charge in [-0.2, -0.15) is 0 Å². The fraction of sp³-hybridized carbons (Fsp3) is 0.529. The summed E-state index contributed by atoms with van der Waals surface area (Å²) in [5.74, 6) is -0.930. The average molecular weight is 350 g/mol. The van der Waals surface area contributed by atoms with E-state index in [2.05, 4.69) is 22.3 Å². The van der Waals surface area contributed by atoms with E-state index in [9.17, 15) is 9.59 Å². The summed E-state index contributed by atoms with van der Waals surface area (Å²) >= 11 is 0. The van der Waals surface area contributed by atoms with Crippen molar-refractivity contribution in [2.24, 2.45) is 5.73 Å². The molecule has 1 heterocycles. The van der Waals surface area contributed by atoms with Crippen molar-refractivity contribution >= 4 is 11.8 Å². The average Bonchev–Trinajstić information content (AvgIpc) is 2.66. The predicted molar refractivity (Wildman–Crippen MR) is 92.3 cm³/mol. The number of nitrogens with two attached hydrogens (primary N) is 1. The summed E-state index contributed by atoms with van der Waals surface area (Å²) in [5.41, 5.74) is 7.91. The smallest absolute Gasteiger partial charge is 0.251 e. The molecule has 1 saturated heterocycles. The minimum atomic E-state index is -1.49. The van der Waals surface area contributed by atoms with E-state index < -0.39 is 18.6 Å². The van der Waals surface area contributed by atoms with Gasteiger partial charge < -0.3 is 26.2 Å². The van der Waals surface area contributed by atoms with E-state index in [0.717, 1.165) is 25.2 Å². The number of piperazine rings is 1. The van der Waals surface area contributed by atoms with Crippen LogP contribution in [0.2, 0.25) is 0 Å². The summed E-state index contributed by atoms with van der Waals surface area (Å²) < 4.78 is 0. The quantitative estimate of drug-likeness (QED) is 0.463. The van der Waals surface area contributed by atoms with Crippen LogP contribution in [0, 0.1) is 0 Å². The van der Waals surface area contributed by atoms with Crippen LogP contribution >= 0.6 is 0 Å². The Bertz CT molecular complexity index is 571. The van der Waals surface area contributed by atoms with Crippen LogP contribution in [0.5, 0.6) is 0 Å². The molecule has 8 nitrogen and oxygen atoms in total. The second kappa shape index (κ2) is 9.47. The number of carbonyl (C=O) groups is 2. The number of amides is 2. The molecule has 1 atom stereocenters. The summed E-state index contributed by atoms with van der Waals surface area (Å²) in [7, 11) is 0. The molecule has 0 aliphatic carbocycles. The molecule has 1 fully saturated rings. The van der Waals surface area contributed by atoms with Crippen molar-refractivity contribution in [3.05, 3.63) is 35.4 Å². The first-order chi connectivity index (χ1) is 12.0. The minimum absolute atomic E-state index is 0.170. The molecule has 8 heteroatoms. The number of nitrogens with one attached hydrogen (secondary N) is 1. The molecular formula is C17H26N4O4. The molecule has 2 rings (SSSR count). The van der Waals surface area contributed by atoms with Gasteiger partial charge in [0, 0.05) is 39.3 Å². The Hall–Kier alpha value is -2.00. The maximum absolute atomic E-state index is 12.1. The maximum atomic E-state index is 12.1. The van der Waals surface area contributed by atoms with Crippen LogP contribution in [0.3, 0.4) is 0 Å². The zero-order chi connectivity index (χ0) is 18.2. The maximum Gasteiger partial charge on any atom is 0.251 e. The third-order valence-electron chi connectivity index (χ3n) is 4.28. The number of hydrogen-bond acceptors (Lipinski definition) is 6. The normalized spacial score (nSPS) is 16.5. The lowest BCUT2D eigenvalue weighted by Gasteiger charge is -2.34. The Morgan fingerprint density at radius 3 is 2.28 bits per heavy atom. The van der Waals surface area contributed by atoms with Gasteiger partial charge in [-0.05, 0) is 11.1 Å². The largest absolute Gasteiger partial charge is 0.393 e. The van der Waals surface area contributed by atoms with E-state index in [-0.39, 0.29) is 12.5 Å². The molecule has 0 saturated carbocycles. The van der Waals surface area contributed by atoms with Gasteiger partial charge in [-0.25, -0.2) is 0 Å². The Labute approximate surface area is 147 Å². The van der Waals surface area contributed by atoms with E-state index in [0.29, 0.717) is 19.6 Å². The zero-order valence-corrected chi connectivity index (χ0v) is 14.2. The van der Waals surface area contributed by atoms with Crippen LogP contribution in [0.1, 0.15) is 11.1 Å². The molecule has 0 aromatic heterocycles. The van der Waals surface area contributed by atoms with Gasteiger partial charge >= 0.3 is 0 Å².